The highest BCUT2D eigenvalue weighted by molar-refractivity contribution is 4.70. The van der Waals surface area contributed by atoms with E-state index in [1.54, 1.807) is 0 Å². The highest BCUT2D eigenvalue weighted by Gasteiger charge is 2.25. The summed E-state index contributed by atoms with van der Waals surface area (Å²) < 4.78 is 0. The smallest absolute Gasteiger partial charge is 0.120 e. The molecule has 0 amide bonds. The third kappa shape index (κ3) is 1.84. The molecule has 4 nitrogen and oxygen atoms in total. The van der Waals surface area contributed by atoms with Crippen molar-refractivity contribution in [3.8, 4) is 0 Å². The zero-order valence-corrected chi connectivity index (χ0v) is 3.89. The molecule has 1 atom stereocenters. The molecule has 0 aromatic rings. The predicted molar refractivity (Wildman–Crippen MR) is 22.6 cm³/mol. The van der Waals surface area contributed by atoms with Crippen molar-refractivity contribution < 1.29 is 10.2 Å². The molecule has 1 aliphatic carbocycles. The molecule has 1 unspecified atom stereocenters. The SMILES string of the molecule is N[NH+]([O-])OC1CC1. The van der Waals surface area contributed by atoms with Gasteiger partial charge in [0, 0.05) is 0 Å². The lowest BCUT2D eigenvalue weighted by atomic mass is 10.9. The zero-order valence-electron chi connectivity index (χ0n) is 3.89. The van der Waals surface area contributed by atoms with Crippen LogP contribution in [0.1, 0.15) is 12.8 Å². The van der Waals surface area contributed by atoms with Gasteiger partial charge in [0.2, 0.25) is 0 Å². The summed E-state index contributed by atoms with van der Waals surface area (Å²) >= 11 is 0. The Morgan fingerprint density at radius 2 is 2.29 bits per heavy atom. The van der Waals surface area contributed by atoms with Gasteiger partial charge in [-0.25, -0.2) is 0 Å². The lowest BCUT2D eigenvalue weighted by Crippen LogP contribution is -3.12. The molecular formula is C3H8N2O2. The molecule has 1 rings (SSSR count). The normalized spacial score (nSPS) is 24.9. The van der Waals surface area contributed by atoms with Gasteiger partial charge in [0.1, 0.15) is 6.10 Å². The van der Waals surface area contributed by atoms with Crippen molar-refractivity contribution in [2.75, 3.05) is 0 Å². The summed E-state index contributed by atoms with van der Waals surface area (Å²) in [6.45, 7) is 0. The minimum atomic E-state index is -0.650. The van der Waals surface area contributed by atoms with Crippen LogP contribution in [-0.4, -0.2) is 6.10 Å². The molecule has 0 aliphatic heterocycles. The van der Waals surface area contributed by atoms with Crippen LogP contribution in [0.4, 0.5) is 0 Å². The van der Waals surface area contributed by atoms with E-state index in [2.05, 4.69) is 10.7 Å². The standard InChI is InChI=1S/C3H8N2O2/c4-5(6)7-3-1-2-3/h3,5H,1-2,4H2. The fourth-order valence-electron chi connectivity index (χ4n) is 0.350. The molecule has 0 heterocycles. The summed E-state index contributed by atoms with van der Waals surface area (Å²) in [5, 5.41) is 9.20. The molecule has 0 radical (unpaired) electrons. The van der Waals surface area contributed by atoms with Crippen LogP contribution in [0.25, 0.3) is 0 Å². The second-order valence-corrected chi connectivity index (χ2v) is 1.64. The van der Waals surface area contributed by atoms with Crippen molar-refractivity contribution in [2.45, 2.75) is 18.9 Å². The van der Waals surface area contributed by atoms with Gasteiger partial charge in [-0.1, -0.05) is 0 Å². The summed E-state index contributed by atoms with van der Waals surface area (Å²) in [4.78, 5) is 4.50. The lowest BCUT2D eigenvalue weighted by Gasteiger charge is -2.10. The van der Waals surface area contributed by atoms with E-state index in [0.717, 1.165) is 12.8 Å². The van der Waals surface area contributed by atoms with Crippen molar-refractivity contribution in [2.24, 2.45) is 5.84 Å². The minimum absolute atomic E-state index is 0.150. The maximum absolute atomic E-state index is 9.85. The van der Waals surface area contributed by atoms with E-state index >= 15 is 0 Å². The molecule has 0 bridgehead atoms. The Bertz CT molecular complexity index is 62.0. The molecule has 1 saturated carbocycles. The Hall–Kier alpha value is -0.160. The van der Waals surface area contributed by atoms with Gasteiger partial charge in [0.15, 0.2) is 0 Å². The number of hydrogen-bond donors (Lipinski definition) is 2. The maximum atomic E-state index is 9.85. The van der Waals surface area contributed by atoms with E-state index < -0.39 is 5.34 Å². The summed E-state index contributed by atoms with van der Waals surface area (Å²) in [6, 6.07) is 0. The van der Waals surface area contributed by atoms with Crippen LogP contribution in [-0.2, 0) is 4.84 Å². The quantitative estimate of drug-likeness (QED) is 0.325. The fourth-order valence-corrected chi connectivity index (χ4v) is 0.350. The molecule has 1 aliphatic rings. The highest BCUT2D eigenvalue weighted by atomic mass is 16.9. The lowest BCUT2D eigenvalue weighted by molar-refractivity contribution is -1.07. The second kappa shape index (κ2) is 1.75. The van der Waals surface area contributed by atoms with Gasteiger partial charge < -0.3 is 5.21 Å². The van der Waals surface area contributed by atoms with Gasteiger partial charge >= 0.3 is 0 Å². The van der Waals surface area contributed by atoms with Crippen LogP contribution in [0.5, 0.6) is 0 Å². The minimum Gasteiger partial charge on any atom is -0.580 e. The summed E-state index contributed by atoms with van der Waals surface area (Å²) in [5.74, 6) is 4.67. The first-order valence-corrected chi connectivity index (χ1v) is 2.25. The Kier molecular flexibility index (Phi) is 1.25. The third-order valence-electron chi connectivity index (χ3n) is 0.807. The summed E-state index contributed by atoms with van der Waals surface area (Å²) in [5.41, 5.74) is 0. The fraction of sp³-hybridized carbons (Fsp3) is 1.00. The number of nitrogens with one attached hydrogen (secondary N) is 1. The molecule has 42 valence electrons. The monoisotopic (exact) mass is 104 g/mol. The van der Waals surface area contributed by atoms with Crippen molar-refractivity contribution in [1.82, 2.24) is 0 Å². The first kappa shape index (κ1) is 4.99. The molecule has 4 heteroatoms. The Balaban J connectivity index is 1.97. The second-order valence-electron chi connectivity index (χ2n) is 1.64. The van der Waals surface area contributed by atoms with E-state index in [0.29, 0.717) is 0 Å². The first-order chi connectivity index (χ1) is 3.29. The van der Waals surface area contributed by atoms with E-state index in [-0.39, 0.29) is 6.10 Å². The van der Waals surface area contributed by atoms with Gasteiger partial charge in [-0.2, -0.15) is 4.84 Å². The molecule has 0 aromatic carbocycles. The van der Waals surface area contributed by atoms with Gasteiger partial charge in [0.05, 0.1) is 0 Å². The van der Waals surface area contributed by atoms with Crippen molar-refractivity contribution in [3.05, 3.63) is 5.21 Å². The van der Waals surface area contributed by atoms with E-state index in [4.69, 9.17) is 0 Å². The third-order valence-corrected chi connectivity index (χ3v) is 0.807. The summed E-state index contributed by atoms with van der Waals surface area (Å²) in [6.07, 6.45) is 2.13. The average Bonchev–Trinajstić information content (AvgIpc) is 2.17. The van der Waals surface area contributed by atoms with Crippen LogP contribution < -0.4 is 11.2 Å². The maximum Gasteiger partial charge on any atom is 0.120 e. The van der Waals surface area contributed by atoms with Gasteiger partial charge in [-0.3, -0.25) is 0 Å². The highest BCUT2D eigenvalue weighted by Crippen LogP contribution is 2.20. The van der Waals surface area contributed by atoms with Gasteiger partial charge in [-0.05, 0) is 12.8 Å². The molecule has 7 heavy (non-hydrogen) atoms. The molecule has 0 spiro atoms. The Morgan fingerprint density at radius 1 is 1.71 bits per heavy atom. The Morgan fingerprint density at radius 3 is 2.43 bits per heavy atom. The topological polar surface area (TPSA) is 62.8 Å². The number of rotatable bonds is 2. The van der Waals surface area contributed by atoms with Gasteiger partial charge in [-0.15, -0.1) is 11.2 Å². The molecule has 1 fully saturated rings. The molecule has 3 N–H and O–H groups in total. The van der Waals surface area contributed by atoms with Gasteiger partial charge in [0.25, 0.3) is 0 Å². The van der Waals surface area contributed by atoms with Crippen molar-refractivity contribution >= 4 is 0 Å². The van der Waals surface area contributed by atoms with E-state index in [1.807, 2.05) is 0 Å². The van der Waals surface area contributed by atoms with Crippen LogP contribution in [0.15, 0.2) is 0 Å². The van der Waals surface area contributed by atoms with Crippen molar-refractivity contribution in [3.63, 3.8) is 0 Å². The van der Waals surface area contributed by atoms with Crippen LogP contribution in [0, 0.1) is 5.21 Å². The average molecular weight is 104 g/mol. The van der Waals surface area contributed by atoms with E-state index in [1.165, 1.54) is 0 Å². The number of nitrogens with two attached hydrogens (primary N) is 1. The number of hydrogen-bond acceptors (Lipinski definition) is 3. The van der Waals surface area contributed by atoms with Crippen LogP contribution in [0.2, 0.25) is 0 Å². The number of quaternary nitrogens is 1. The Labute approximate surface area is 41.3 Å². The van der Waals surface area contributed by atoms with Crippen LogP contribution in [0.3, 0.4) is 0 Å². The largest absolute Gasteiger partial charge is 0.580 e. The summed E-state index contributed by atoms with van der Waals surface area (Å²) in [7, 11) is 0. The first-order valence-electron chi connectivity index (χ1n) is 2.25. The predicted octanol–water partition coefficient (Wildman–Crippen LogP) is -1.66. The van der Waals surface area contributed by atoms with Crippen LogP contribution >= 0.6 is 0 Å². The zero-order chi connectivity index (χ0) is 5.28. The molecule has 0 saturated heterocycles. The van der Waals surface area contributed by atoms with E-state index in [9.17, 15) is 5.21 Å². The molecular weight excluding hydrogens is 96.0 g/mol. The van der Waals surface area contributed by atoms with Crippen molar-refractivity contribution in [1.29, 1.82) is 0 Å². The molecule has 0 aromatic heterocycles.